The van der Waals surface area contributed by atoms with Crippen LogP contribution in [0.1, 0.15) is 38.2 Å². The Morgan fingerprint density at radius 1 is 1.26 bits per heavy atom. The molecule has 1 aromatic rings. The maximum atomic E-state index is 14.7. The van der Waals surface area contributed by atoms with Gasteiger partial charge in [-0.05, 0) is 46.0 Å². The van der Waals surface area contributed by atoms with Gasteiger partial charge in [0.2, 0.25) is 6.30 Å². The summed E-state index contributed by atoms with van der Waals surface area (Å²) in [4.78, 5) is 39.2. The average molecular weight is 527 g/mol. The number of H-pyrrole nitrogens is 1. The zero-order valence-electron chi connectivity index (χ0n) is 19.8. The Morgan fingerprint density at radius 2 is 1.89 bits per heavy atom. The number of alkyl halides is 3. The quantitative estimate of drug-likeness (QED) is 0.310. The van der Waals surface area contributed by atoms with Gasteiger partial charge in [-0.1, -0.05) is 0 Å². The van der Waals surface area contributed by atoms with Crippen LogP contribution in [0.4, 0.5) is 28.4 Å². The molecule has 2 unspecified atom stereocenters. The third-order valence-corrected chi connectivity index (χ3v) is 4.48. The second-order valence-corrected chi connectivity index (χ2v) is 8.37. The van der Waals surface area contributed by atoms with E-state index in [9.17, 15) is 32.7 Å². The fraction of sp³-hybridized carbons (Fsp3) is 0.600. The van der Waals surface area contributed by atoms with Crippen LogP contribution in [0.3, 0.4) is 0 Å². The van der Waals surface area contributed by atoms with Gasteiger partial charge >= 0.3 is 18.2 Å². The number of carbonyl (C=O) groups excluding carboxylic acids is 2. The second kappa shape index (κ2) is 13.1. The van der Waals surface area contributed by atoms with Crippen molar-refractivity contribution in [2.24, 2.45) is 0 Å². The third kappa shape index (κ3) is 9.24. The van der Waals surface area contributed by atoms with Crippen LogP contribution in [0, 0.1) is 0 Å². The number of aromatic amines is 1. The molecule has 0 fully saturated rings. The van der Waals surface area contributed by atoms with E-state index in [1.807, 2.05) is 0 Å². The minimum Gasteiger partial charge on any atom is -0.477 e. The number of amides is 2. The lowest BCUT2D eigenvalue weighted by Gasteiger charge is -2.31. The van der Waals surface area contributed by atoms with E-state index in [2.05, 4.69) is 10.3 Å². The highest BCUT2D eigenvalue weighted by Crippen LogP contribution is 2.22. The highest BCUT2D eigenvalue weighted by molar-refractivity contribution is 7.80. The summed E-state index contributed by atoms with van der Waals surface area (Å²) < 4.78 is 56.6. The first-order valence-electron chi connectivity index (χ1n) is 10.3. The first-order valence-corrected chi connectivity index (χ1v) is 10.8. The number of hydrogen-bond acceptors (Lipinski definition) is 7. The van der Waals surface area contributed by atoms with Gasteiger partial charge in [0.15, 0.2) is 11.2 Å². The first-order chi connectivity index (χ1) is 16.2. The van der Waals surface area contributed by atoms with Crippen LogP contribution in [0.5, 0.6) is 0 Å². The molecular formula is C20H29F3N4O7S. The molecule has 0 spiro atoms. The van der Waals surface area contributed by atoms with Gasteiger partial charge < -0.3 is 29.2 Å². The lowest BCUT2D eigenvalue weighted by molar-refractivity contribution is -0.125. The van der Waals surface area contributed by atoms with E-state index in [-0.39, 0.29) is 29.6 Å². The highest BCUT2D eigenvalue weighted by atomic mass is 32.1. The number of carbonyl (C=O) groups is 3. The van der Waals surface area contributed by atoms with Crippen molar-refractivity contribution in [3.8, 4) is 0 Å². The molecule has 0 bridgehead atoms. The third-order valence-electron chi connectivity index (χ3n) is 4.16. The molecule has 198 valence electrons. The Kier molecular flexibility index (Phi) is 11.2. The molecule has 1 aromatic heterocycles. The van der Waals surface area contributed by atoms with Crippen molar-refractivity contribution in [2.45, 2.75) is 52.1 Å². The number of nitrogens with one attached hydrogen (secondary N) is 2. The summed E-state index contributed by atoms with van der Waals surface area (Å²) in [5.74, 6) is -1.36. The predicted octanol–water partition coefficient (Wildman–Crippen LogP) is 3.36. The van der Waals surface area contributed by atoms with Crippen molar-refractivity contribution >= 4 is 41.2 Å². The smallest absolute Gasteiger partial charge is 0.413 e. The number of aromatic carboxylic acids is 1. The molecule has 0 saturated heterocycles. The summed E-state index contributed by atoms with van der Waals surface area (Å²) in [6.07, 6.45) is -9.05. The lowest BCUT2D eigenvalue weighted by atomic mass is 10.2. The largest absolute Gasteiger partial charge is 0.477 e. The lowest BCUT2D eigenvalue weighted by Crippen LogP contribution is -2.49. The molecule has 0 aromatic carbocycles. The summed E-state index contributed by atoms with van der Waals surface area (Å²) in [6.45, 7) is 5.21. The Bertz CT molecular complexity index is 894. The van der Waals surface area contributed by atoms with Crippen molar-refractivity contribution in [1.29, 1.82) is 0 Å². The van der Waals surface area contributed by atoms with E-state index in [1.54, 1.807) is 6.92 Å². The normalized spacial score (nSPS) is 13.1. The minimum atomic E-state index is -3.32. The molecule has 15 heteroatoms. The zero-order valence-corrected chi connectivity index (χ0v) is 20.7. The maximum Gasteiger partial charge on any atom is 0.413 e. The molecule has 11 nitrogen and oxygen atoms in total. The number of rotatable bonds is 10. The number of alkyl carbamates (subject to hydrolysis) is 1. The number of aromatic nitrogens is 1. The summed E-state index contributed by atoms with van der Waals surface area (Å²) in [7, 11) is 0.946. The maximum absolute atomic E-state index is 14.7. The van der Waals surface area contributed by atoms with Crippen molar-refractivity contribution in [3.63, 3.8) is 0 Å². The van der Waals surface area contributed by atoms with Crippen LogP contribution in [0.2, 0.25) is 0 Å². The fourth-order valence-electron chi connectivity index (χ4n) is 2.62. The number of likely N-dealkylation sites (N-methyl/N-ethyl adjacent to an activating group) is 1. The molecule has 1 heterocycles. The van der Waals surface area contributed by atoms with Crippen LogP contribution in [-0.2, 0) is 14.2 Å². The molecule has 1 rings (SSSR count). The van der Waals surface area contributed by atoms with E-state index < -0.39 is 49.2 Å². The number of carboxylic acids is 1. The van der Waals surface area contributed by atoms with Crippen LogP contribution in [0.15, 0.2) is 12.3 Å². The molecule has 0 saturated carbocycles. The van der Waals surface area contributed by atoms with E-state index in [0.29, 0.717) is 4.90 Å². The number of anilines is 1. The Labute approximate surface area is 205 Å². The molecule has 2 amide bonds. The summed E-state index contributed by atoms with van der Waals surface area (Å²) in [5, 5.41) is 11.3. The molecule has 35 heavy (non-hydrogen) atoms. The number of nitrogens with zero attached hydrogens (tertiary/aromatic N) is 2. The van der Waals surface area contributed by atoms with Crippen LogP contribution < -0.4 is 10.2 Å². The molecule has 0 aliphatic heterocycles. The Hall–Kier alpha value is -3.07. The van der Waals surface area contributed by atoms with E-state index in [0.717, 1.165) is 11.9 Å². The number of hydrogen-bond donors (Lipinski definition) is 3. The summed E-state index contributed by atoms with van der Waals surface area (Å²) in [5.41, 5.74) is -1.30. The van der Waals surface area contributed by atoms with Gasteiger partial charge in [0.05, 0.1) is 18.9 Å². The van der Waals surface area contributed by atoms with Gasteiger partial charge in [-0.25, -0.2) is 27.6 Å². The Balaban J connectivity index is 3.00. The van der Waals surface area contributed by atoms with Gasteiger partial charge in [-0.3, -0.25) is 10.2 Å². The first kappa shape index (κ1) is 30.0. The Morgan fingerprint density at radius 3 is 2.40 bits per heavy atom. The molecule has 3 N–H and O–H groups in total. The molecule has 0 aliphatic carbocycles. The van der Waals surface area contributed by atoms with Crippen molar-refractivity contribution in [2.75, 3.05) is 31.7 Å². The van der Waals surface area contributed by atoms with Crippen molar-refractivity contribution in [3.05, 3.63) is 18.0 Å². The van der Waals surface area contributed by atoms with E-state index >= 15 is 0 Å². The van der Waals surface area contributed by atoms with E-state index in [1.165, 1.54) is 33.0 Å². The zero-order chi connectivity index (χ0) is 26.9. The van der Waals surface area contributed by atoms with Crippen LogP contribution in [-0.4, -0.2) is 89.5 Å². The molecule has 0 aliphatic rings. The highest BCUT2D eigenvalue weighted by Gasteiger charge is 2.37. The molecule has 2 atom stereocenters. The van der Waals surface area contributed by atoms with Crippen molar-refractivity contribution in [1.82, 2.24) is 15.2 Å². The molecular weight excluding hydrogens is 497 g/mol. The van der Waals surface area contributed by atoms with Gasteiger partial charge in [-0.2, -0.15) is 0 Å². The van der Waals surface area contributed by atoms with Gasteiger partial charge in [0, 0.05) is 19.8 Å². The average Bonchev–Trinajstić information content (AvgIpc) is 3.21. The second-order valence-electron chi connectivity index (χ2n) is 7.98. The number of halogens is 3. The predicted molar refractivity (Wildman–Crippen MR) is 122 cm³/mol. The number of thiocarbonyl (C=S) groups is 1. The molecule has 0 radical (unpaired) electrons. The number of ether oxygens (including phenoxy) is 3. The summed E-state index contributed by atoms with van der Waals surface area (Å²) in [6, 6.07) is 1.32. The standard InChI is InChI=1S/C20H29F3N4O7S/c1-6-32-18(30)25-17(35)27(11-7-8-24-12(11)16(28)29)9-10-33-13(14(21)22)15(23)26(5)19(31)34-20(2,3)4/h7-8,13-15,24H,6,9-10H2,1-5H3,(H,28,29)(H,25,30,35). The van der Waals surface area contributed by atoms with Gasteiger partial charge in [0.25, 0.3) is 6.43 Å². The topological polar surface area (TPSA) is 133 Å². The van der Waals surface area contributed by atoms with Crippen LogP contribution >= 0.6 is 12.2 Å². The van der Waals surface area contributed by atoms with Crippen LogP contribution in [0.25, 0.3) is 0 Å². The van der Waals surface area contributed by atoms with Gasteiger partial charge in [0.1, 0.15) is 11.3 Å². The van der Waals surface area contributed by atoms with Crippen molar-refractivity contribution < 1.29 is 46.9 Å². The SMILES string of the molecule is CCOC(=O)NC(=S)N(CCOC(C(F)F)C(F)N(C)C(=O)OC(C)(C)C)c1cc[nH]c1C(=O)O. The summed E-state index contributed by atoms with van der Waals surface area (Å²) >= 11 is 5.13. The number of carboxylic acid groups (broad SMARTS) is 1. The fourth-order valence-corrected chi connectivity index (χ4v) is 2.89. The minimum absolute atomic E-state index is 0.0147. The monoisotopic (exact) mass is 526 g/mol. The van der Waals surface area contributed by atoms with E-state index in [4.69, 9.17) is 26.4 Å². The van der Waals surface area contributed by atoms with Gasteiger partial charge in [-0.15, -0.1) is 0 Å².